The SMILES string of the molecule is CC(C)CCN1CCN(Cc2ccc(Cl)cc2)C[C@@H]1CCO. The first-order valence-electron chi connectivity index (χ1n) is 8.40. The van der Waals surface area contributed by atoms with Crippen molar-refractivity contribution in [3.63, 3.8) is 0 Å². The highest BCUT2D eigenvalue weighted by Crippen LogP contribution is 2.18. The van der Waals surface area contributed by atoms with E-state index in [2.05, 4.69) is 35.8 Å². The van der Waals surface area contributed by atoms with Gasteiger partial charge in [-0.05, 0) is 43.0 Å². The smallest absolute Gasteiger partial charge is 0.0446 e. The minimum atomic E-state index is 0.275. The molecule has 0 aromatic heterocycles. The molecule has 2 rings (SSSR count). The van der Waals surface area contributed by atoms with Crippen molar-refractivity contribution in [3.05, 3.63) is 34.9 Å². The predicted molar refractivity (Wildman–Crippen MR) is 93.2 cm³/mol. The van der Waals surface area contributed by atoms with Crippen molar-refractivity contribution >= 4 is 11.6 Å². The molecule has 1 atom stereocenters. The number of nitrogens with zero attached hydrogens (tertiary/aromatic N) is 2. The van der Waals surface area contributed by atoms with E-state index >= 15 is 0 Å². The lowest BCUT2D eigenvalue weighted by molar-refractivity contribution is 0.0524. The van der Waals surface area contributed by atoms with Crippen LogP contribution < -0.4 is 0 Å². The fourth-order valence-corrected chi connectivity index (χ4v) is 3.22. The van der Waals surface area contributed by atoms with Crippen LogP contribution in [0.5, 0.6) is 0 Å². The van der Waals surface area contributed by atoms with Crippen molar-refractivity contribution in [2.45, 2.75) is 39.3 Å². The van der Waals surface area contributed by atoms with E-state index in [4.69, 9.17) is 11.6 Å². The van der Waals surface area contributed by atoms with Crippen LogP contribution in [0.2, 0.25) is 5.02 Å². The molecular weight excluding hydrogens is 296 g/mol. The number of aliphatic hydroxyl groups is 1. The molecule has 1 saturated heterocycles. The minimum absolute atomic E-state index is 0.275. The highest BCUT2D eigenvalue weighted by atomic mass is 35.5. The molecule has 1 aliphatic heterocycles. The molecule has 1 fully saturated rings. The molecule has 0 unspecified atom stereocenters. The van der Waals surface area contributed by atoms with Gasteiger partial charge in [0.25, 0.3) is 0 Å². The Labute approximate surface area is 139 Å². The molecule has 0 radical (unpaired) electrons. The van der Waals surface area contributed by atoms with E-state index in [1.807, 2.05) is 12.1 Å². The quantitative estimate of drug-likeness (QED) is 0.834. The van der Waals surface area contributed by atoms with Gasteiger partial charge in [-0.3, -0.25) is 9.80 Å². The van der Waals surface area contributed by atoms with Gasteiger partial charge in [0.05, 0.1) is 0 Å². The summed E-state index contributed by atoms with van der Waals surface area (Å²) in [5.74, 6) is 0.738. The third-order valence-corrected chi connectivity index (χ3v) is 4.72. The average molecular weight is 325 g/mol. The van der Waals surface area contributed by atoms with E-state index in [0.29, 0.717) is 6.04 Å². The Bertz CT molecular complexity index is 435. The van der Waals surface area contributed by atoms with Gasteiger partial charge in [0, 0.05) is 43.9 Å². The molecule has 1 N–H and O–H groups in total. The number of piperazine rings is 1. The van der Waals surface area contributed by atoms with E-state index in [0.717, 1.165) is 50.1 Å². The van der Waals surface area contributed by atoms with Gasteiger partial charge in [0.2, 0.25) is 0 Å². The minimum Gasteiger partial charge on any atom is -0.396 e. The summed E-state index contributed by atoms with van der Waals surface area (Å²) in [6.07, 6.45) is 2.11. The van der Waals surface area contributed by atoms with Crippen LogP contribution >= 0.6 is 11.6 Å². The second kappa shape index (κ2) is 8.88. The Kier molecular flexibility index (Phi) is 7.16. The summed E-state index contributed by atoms with van der Waals surface area (Å²) in [4.78, 5) is 5.06. The van der Waals surface area contributed by atoms with Gasteiger partial charge < -0.3 is 5.11 Å². The van der Waals surface area contributed by atoms with Crippen LogP contribution in [-0.4, -0.2) is 53.7 Å². The zero-order chi connectivity index (χ0) is 15.9. The summed E-state index contributed by atoms with van der Waals surface area (Å²) in [6.45, 7) is 10.2. The molecule has 0 bridgehead atoms. The van der Waals surface area contributed by atoms with Crippen LogP contribution in [0.4, 0.5) is 0 Å². The van der Waals surface area contributed by atoms with E-state index in [9.17, 15) is 5.11 Å². The van der Waals surface area contributed by atoms with Gasteiger partial charge in [-0.15, -0.1) is 0 Å². The summed E-state index contributed by atoms with van der Waals surface area (Å²) >= 11 is 5.95. The van der Waals surface area contributed by atoms with Crippen LogP contribution in [-0.2, 0) is 6.54 Å². The fraction of sp³-hybridized carbons (Fsp3) is 0.667. The van der Waals surface area contributed by atoms with E-state index < -0.39 is 0 Å². The van der Waals surface area contributed by atoms with Gasteiger partial charge >= 0.3 is 0 Å². The molecule has 0 saturated carbocycles. The third-order valence-electron chi connectivity index (χ3n) is 4.46. The molecule has 0 aliphatic carbocycles. The maximum Gasteiger partial charge on any atom is 0.0446 e. The van der Waals surface area contributed by atoms with Crippen molar-refractivity contribution in [1.29, 1.82) is 0 Å². The van der Waals surface area contributed by atoms with Crippen LogP contribution in [0.3, 0.4) is 0 Å². The molecule has 0 spiro atoms. The Morgan fingerprint density at radius 2 is 1.95 bits per heavy atom. The summed E-state index contributed by atoms with van der Waals surface area (Å²) < 4.78 is 0. The maximum absolute atomic E-state index is 9.36. The molecular formula is C18H29ClN2O. The molecule has 4 heteroatoms. The number of aliphatic hydroxyl groups excluding tert-OH is 1. The molecule has 0 amide bonds. The number of rotatable bonds is 7. The van der Waals surface area contributed by atoms with Gasteiger partial charge in [0.1, 0.15) is 0 Å². The topological polar surface area (TPSA) is 26.7 Å². The first-order valence-corrected chi connectivity index (χ1v) is 8.78. The summed E-state index contributed by atoms with van der Waals surface area (Å²) in [6, 6.07) is 8.61. The molecule has 1 heterocycles. The number of hydrogen-bond acceptors (Lipinski definition) is 3. The second-order valence-corrected chi connectivity index (χ2v) is 7.18. The second-order valence-electron chi connectivity index (χ2n) is 6.75. The number of hydrogen-bond donors (Lipinski definition) is 1. The molecule has 1 aromatic carbocycles. The van der Waals surface area contributed by atoms with Crippen LogP contribution in [0.1, 0.15) is 32.3 Å². The van der Waals surface area contributed by atoms with E-state index in [-0.39, 0.29) is 6.61 Å². The van der Waals surface area contributed by atoms with Crippen molar-refractivity contribution in [2.24, 2.45) is 5.92 Å². The fourth-order valence-electron chi connectivity index (χ4n) is 3.09. The summed E-state index contributed by atoms with van der Waals surface area (Å²) in [7, 11) is 0. The first kappa shape index (κ1) is 17.7. The Morgan fingerprint density at radius 3 is 2.59 bits per heavy atom. The Hall–Kier alpha value is -0.610. The number of benzene rings is 1. The van der Waals surface area contributed by atoms with Gasteiger partial charge in [0.15, 0.2) is 0 Å². The summed E-state index contributed by atoms with van der Waals surface area (Å²) in [5, 5.41) is 10.2. The molecule has 1 aromatic rings. The average Bonchev–Trinajstić information content (AvgIpc) is 2.49. The number of halogens is 1. The van der Waals surface area contributed by atoms with Gasteiger partial charge in [-0.25, -0.2) is 0 Å². The van der Waals surface area contributed by atoms with E-state index in [1.165, 1.54) is 12.0 Å². The zero-order valence-electron chi connectivity index (χ0n) is 13.8. The molecule has 1 aliphatic rings. The van der Waals surface area contributed by atoms with Crippen LogP contribution in [0.15, 0.2) is 24.3 Å². The normalized spacial score (nSPS) is 20.7. The zero-order valence-corrected chi connectivity index (χ0v) is 14.6. The first-order chi connectivity index (χ1) is 10.6. The highest BCUT2D eigenvalue weighted by Gasteiger charge is 2.26. The molecule has 22 heavy (non-hydrogen) atoms. The lowest BCUT2D eigenvalue weighted by Crippen LogP contribution is -2.53. The lowest BCUT2D eigenvalue weighted by Gasteiger charge is -2.41. The van der Waals surface area contributed by atoms with Crippen molar-refractivity contribution < 1.29 is 5.11 Å². The third kappa shape index (κ3) is 5.54. The van der Waals surface area contributed by atoms with Crippen LogP contribution in [0, 0.1) is 5.92 Å². The molecule has 3 nitrogen and oxygen atoms in total. The monoisotopic (exact) mass is 324 g/mol. The molecule has 124 valence electrons. The van der Waals surface area contributed by atoms with Crippen molar-refractivity contribution in [1.82, 2.24) is 9.80 Å². The largest absolute Gasteiger partial charge is 0.396 e. The standard InChI is InChI=1S/C18H29ClN2O/c1-15(2)7-9-21-11-10-20(14-18(21)8-12-22)13-16-3-5-17(19)6-4-16/h3-6,15,18,22H,7-14H2,1-2H3/t18-/m0/s1. The van der Waals surface area contributed by atoms with Gasteiger partial charge in [-0.1, -0.05) is 37.6 Å². The van der Waals surface area contributed by atoms with Gasteiger partial charge in [-0.2, -0.15) is 0 Å². The Balaban J connectivity index is 1.89. The highest BCUT2D eigenvalue weighted by molar-refractivity contribution is 6.30. The Morgan fingerprint density at radius 1 is 1.23 bits per heavy atom. The lowest BCUT2D eigenvalue weighted by atomic mass is 10.0. The maximum atomic E-state index is 9.36. The van der Waals surface area contributed by atoms with Crippen LogP contribution in [0.25, 0.3) is 0 Å². The van der Waals surface area contributed by atoms with E-state index in [1.54, 1.807) is 0 Å². The van der Waals surface area contributed by atoms with Crippen molar-refractivity contribution in [2.75, 3.05) is 32.8 Å². The summed E-state index contributed by atoms with van der Waals surface area (Å²) in [5.41, 5.74) is 1.31. The predicted octanol–water partition coefficient (Wildman–Crippen LogP) is 3.25. The van der Waals surface area contributed by atoms with Crippen molar-refractivity contribution in [3.8, 4) is 0 Å².